The number of hydrogen-bond acceptors (Lipinski definition) is 4. The summed E-state index contributed by atoms with van der Waals surface area (Å²) in [5, 5.41) is 0. The summed E-state index contributed by atoms with van der Waals surface area (Å²) in [5.74, 6) is 0.885. The number of ketones is 1. The van der Waals surface area contributed by atoms with Crippen LogP contribution in [0.4, 0.5) is 4.39 Å². The van der Waals surface area contributed by atoms with Crippen LogP contribution in [0.15, 0.2) is 60.8 Å². The summed E-state index contributed by atoms with van der Waals surface area (Å²) >= 11 is 0. The molecule has 0 atom stereocenters. The van der Waals surface area contributed by atoms with E-state index >= 15 is 0 Å². The number of Topliss-reactive ketones (excluding diaryl/α,β-unsaturated/α-hetero) is 1. The van der Waals surface area contributed by atoms with Crippen molar-refractivity contribution < 1.29 is 13.9 Å². The Morgan fingerprint density at radius 3 is 2.17 bits per heavy atom. The third-order valence-electron chi connectivity index (χ3n) is 3.17. The molecule has 2 aromatic carbocycles. The molecule has 0 radical (unpaired) electrons. The second-order valence-corrected chi connectivity index (χ2v) is 4.90. The summed E-state index contributed by atoms with van der Waals surface area (Å²) < 4.78 is 18.5. The molecule has 0 saturated carbocycles. The van der Waals surface area contributed by atoms with E-state index in [9.17, 15) is 9.18 Å². The average molecular weight is 308 g/mol. The molecule has 4 nitrogen and oxygen atoms in total. The summed E-state index contributed by atoms with van der Waals surface area (Å²) in [4.78, 5) is 19.5. The van der Waals surface area contributed by atoms with Crippen molar-refractivity contribution in [1.29, 1.82) is 0 Å². The van der Waals surface area contributed by atoms with Crippen molar-refractivity contribution in [3.05, 3.63) is 72.4 Å². The van der Waals surface area contributed by atoms with Crippen molar-refractivity contribution in [1.82, 2.24) is 9.97 Å². The monoisotopic (exact) mass is 308 g/mol. The topological polar surface area (TPSA) is 52.1 Å². The fraction of sp³-hybridized carbons (Fsp3) is 0.0556. The van der Waals surface area contributed by atoms with Gasteiger partial charge < -0.3 is 4.74 Å². The SMILES string of the molecule is CC(=O)c1nccc(-c2ccc(Oc3ccc(F)cc3)cc2)n1. The second kappa shape index (κ2) is 6.36. The number of carbonyl (C=O) groups excluding carboxylic acids is 1. The summed E-state index contributed by atoms with van der Waals surface area (Å²) in [7, 11) is 0. The van der Waals surface area contributed by atoms with Crippen molar-refractivity contribution in [2.45, 2.75) is 6.92 Å². The average Bonchev–Trinajstić information content (AvgIpc) is 2.58. The molecular formula is C18H13FN2O2. The largest absolute Gasteiger partial charge is 0.457 e. The van der Waals surface area contributed by atoms with Gasteiger partial charge in [0.25, 0.3) is 0 Å². The Kier molecular flexibility index (Phi) is 4.10. The van der Waals surface area contributed by atoms with Crippen LogP contribution in [0, 0.1) is 5.82 Å². The molecule has 0 aliphatic carbocycles. The van der Waals surface area contributed by atoms with Gasteiger partial charge in [-0.05, 0) is 54.6 Å². The van der Waals surface area contributed by atoms with Crippen LogP contribution in [0.25, 0.3) is 11.3 Å². The van der Waals surface area contributed by atoms with Gasteiger partial charge in [0.1, 0.15) is 17.3 Å². The molecule has 3 rings (SSSR count). The van der Waals surface area contributed by atoms with Crippen LogP contribution in [0.5, 0.6) is 11.5 Å². The first-order valence-electron chi connectivity index (χ1n) is 7.00. The predicted molar refractivity (Wildman–Crippen MR) is 83.9 cm³/mol. The molecule has 1 heterocycles. The molecular weight excluding hydrogens is 295 g/mol. The van der Waals surface area contributed by atoms with Crippen LogP contribution in [0.1, 0.15) is 17.5 Å². The van der Waals surface area contributed by atoms with Gasteiger partial charge in [0, 0.05) is 18.7 Å². The third-order valence-corrected chi connectivity index (χ3v) is 3.17. The first kappa shape index (κ1) is 14.8. The predicted octanol–water partition coefficient (Wildman–Crippen LogP) is 4.28. The highest BCUT2D eigenvalue weighted by molar-refractivity contribution is 5.90. The molecule has 114 valence electrons. The van der Waals surface area contributed by atoms with E-state index in [4.69, 9.17) is 4.74 Å². The zero-order chi connectivity index (χ0) is 16.2. The number of aromatic nitrogens is 2. The maximum atomic E-state index is 12.9. The fourth-order valence-corrected chi connectivity index (χ4v) is 2.02. The van der Waals surface area contributed by atoms with Crippen LogP contribution in [-0.2, 0) is 0 Å². The molecule has 0 aliphatic rings. The minimum absolute atomic E-state index is 0.178. The molecule has 0 bridgehead atoms. The Labute approximate surface area is 132 Å². The van der Waals surface area contributed by atoms with Crippen molar-refractivity contribution >= 4 is 5.78 Å². The Morgan fingerprint density at radius 1 is 0.957 bits per heavy atom. The smallest absolute Gasteiger partial charge is 0.196 e. The standard InChI is InChI=1S/C18H13FN2O2/c1-12(22)18-20-11-10-17(21-18)13-2-6-15(7-3-13)23-16-8-4-14(19)5-9-16/h2-11H,1H3. The number of halogens is 1. The Bertz CT molecular complexity index is 830. The van der Waals surface area contributed by atoms with Gasteiger partial charge in [-0.15, -0.1) is 0 Å². The zero-order valence-corrected chi connectivity index (χ0v) is 12.4. The van der Waals surface area contributed by atoms with Crippen molar-refractivity contribution in [3.8, 4) is 22.8 Å². The van der Waals surface area contributed by atoms with Gasteiger partial charge in [-0.25, -0.2) is 14.4 Å². The molecule has 0 saturated heterocycles. The summed E-state index contributed by atoms with van der Waals surface area (Å²) in [6.07, 6.45) is 1.56. The fourth-order valence-electron chi connectivity index (χ4n) is 2.02. The molecule has 0 amide bonds. The Balaban J connectivity index is 1.80. The maximum absolute atomic E-state index is 12.9. The molecule has 1 aromatic heterocycles. The number of rotatable bonds is 4. The van der Waals surface area contributed by atoms with Gasteiger partial charge in [-0.2, -0.15) is 0 Å². The lowest BCUT2D eigenvalue weighted by molar-refractivity contribution is 0.100. The van der Waals surface area contributed by atoms with E-state index < -0.39 is 0 Å². The van der Waals surface area contributed by atoms with E-state index in [0.717, 1.165) is 5.56 Å². The van der Waals surface area contributed by atoms with Crippen LogP contribution < -0.4 is 4.74 Å². The lowest BCUT2D eigenvalue weighted by Crippen LogP contribution is -2.01. The van der Waals surface area contributed by atoms with E-state index in [2.05, 4.69) is 9.97 Å². The van der Waals surface area contributed by atoms with Crippen LogP contribution in [-0.4, -0.2) is 15.8 Å². The van der Waals surface area contributed by atoms with Gasteiger partial charge in [0.2, 0.25) is 0 Å². The van der Waals surface area contributed by atoms with Crippen molar-refractivity contribution in [3.63, 3.8) is 0 Å². The molecule has 0 unspecified atom stereocenters. The Hall–Kier alpha value is -3.08. The zero-order valence-electron chi connectivity index (χ0n) is 12.4. The molecule has 23 heavy (non-hydrogen) atoms. The molecule has 0 N–H and O–H groups in total. The van der Waals surface area contributed by atoms with Gasteiger partial charge in [-0.3, -0.25) is 4.79 Å². The molecule has 3 aromatic rings. The van der Waals surface area contributed by atoms with Gasteiger partial charge >= 0.3 is 0 Å². The van der Waals surface area contributed by atoms with E-state index in [1.54, 1.807) is 36.5 Å². The minimum Gasteiger partial charge on any atom is -0.457 e. The second-order valence-electron chi connectivity index (χ2n) is 4.90. The highest BCUT2D eigenvalue weighted by Crippen LogP contribution is 2.25. The molecule has 0 aliphatic heterocycles. The van der Waals surface area contributed by atoms with Crippen LogP contribution in [0.2, 0.25) is 0 Å². The Morgan fingerprint density at radius 2 is 1.57 bits per heavy atom. The van der Waals surface area contributed by atoms with E-state index in [1.165, 1.54) is 19.1 Å². The number of benzene rings is 2. The van der Waals surface area contributed by atoms with Gasteiger partial charge in [0.15, 0.2) is 11.6 Å². The third kappa shape index (κ3) is 3.58. The number of nitrogens with zero attached hydrogens (tertiary/aromatic N) is 2. The summed E-state index contributed by atoms with van der Waals surface area (Å²) in [5.41, 5.74) is 1.51. The van der Waals surface area contributed by atoms with E-state index in [0.29, 0.717) is 17.2 Å². The molecule has 0 spiro atoms. The first-order valence-corrected chi connectivity index (χ1v) is 7.00. The highest BCUT2D eigenvalue weighted by atomic mass is 19.1. The van der Waals surface area contributed by atoms with Gasteiger partial charge in [-0.1, -0.05) is 0 Å². The summed E-state index contributed by atoms with van der Waals surface area (Å²) in [6.45, 7) is 1.43. The van der Waals surface area contributed by atoms with Crippen LogP contribution in [0.3, 0.4) is 0 Å². The number of hydrogen-bond donors (Lipinski definition) is 0. The normalized spacial score (nSPS) is 10.3. The van der Waals surface area contributed by atoms with Gasteiger partial charge in [0.05, 0.1) is 5.69 Å². The van der Waals surface area contributed by atoms with Crippen LogP contribution >= 0.6 is 0 Å². The molecule has 0 fully saturated rings. The van der Waals surface area contributed by atoms with Crippen molar-refractivity contribution in [2.24, 2.45) is 0 Å². The highest BCUT2D eigenvalue weighted by Gasteiger charge is 2.06. The van der Waals surface area contributed by atoms with E-state index in [-0.39, 0.29) is 17.4 Å². The minimum atomic E-state index is -0.308. The number of carbonyl (C=O) groups is 1. The maximum Gasteiger partial charge on any atom is 0.196 e. The lowest BCUT2D eigenvalue weighted by atomic mass is 10.1. The lowest BCUT2D eigenvalue weighted by Gasteiger charge is -2.07. The van der Waals surface area contributed by atoms with Crippen molar-refractivity contribution in [2.75, 3.05) is 0 Å². The number of ether oxygens (including phenoxy) is 1. The molecule has 5 heteroatoms. The first-order chi connectivity index (χ1) is 11.1. The van der Waals surface area contributed by atoms with E-state index in [1.807, 2.05) is 12.1 Å². The summed E-state index contributed by atoms with van der Waals surface area (Å²) in [6, 6.07) is 14.8. The quantitative estimate of drug-likeness (QED) is 0.675.